The summed E-state index contributed by atoms with van der Waals surface area (Å²) in [5, 5.41) is 0. The third kappa shape index (κ3) is 2.63. The summed E-state index contributed by atoms with van der Waals surface area (Å²) in [4.78, 5) is 14.2. The lowest BCUT2D eigenvalue weighted by Gasteiger charge is -2.36. The summed E-state index contributed by atoms with van der Waals surface area (Å²) < 4.78 is 57.7. The number of carbonyl (C=O) groups is 1. The van der Waals surface area contributed by atoms with E-state index in [-0.39, 0.29) is 30.5 Å². The Hall–Kier alpha value is -2.57. The minimum atomic E-state index is -4.51. The predicted octanol–water partition coefficient (Wildman–Crippen LogP) is 3.91. The molecule has 0 aromatic heterocycles. The topological polar surface area (TPSA) is 29.5 Å². The molecule has 0 saturated heterocycles. The normalized spacial score (nSPS) is 18.7. The first-order valence-corrected chi connectivity index (χ1v) is 7.78. The number of ether oxygens (including phenoxy) is 1. The zero-order valence-electron chi connectivity index (χ0n) is 12.9. The van der Waals surface area contributed by atoms with Gasteiger partial charge in [0.05, 0.1) is 23.7 Å². The largest absolute Gasteiger partial charge is 0.490 e. The zero-order valence-corrected chi connectivity index (χ0v) is 12.9. The van der Waals surface area contributed by atoms with Gasteiger partial charge in [0, 0.05) is 0 Å². The lowest BCUT2D eigenvalue weighted by molar-refractivity contribution is -0.137. The first-order chi connectivity index (χ1) is 11.8. The van der Waals surface area contributed by atoms with Gasteiger partial charge in [-0.1, -0.05) is 6.07 Å². The van der Waals surface area contributed by atoms with Crippen molar-refractivity contribution >= 4 is 11.6 Å². The van der Waals surface area contributed by atoms with E-state index < -0.39 is 23.5 Å². The Bertz CT molecular complexity index is 863. The van der Waals surface area contributed by atoms with E-state index in [4.69, 9.17) is 4.74 Å². The lowest BCUT2D eigenvalue weighted by Crippen LogP contribution is -2.43. The van der Waals surface area contributed by atoms with Crippen molar-refractivity contribution in [1.82, 2.24) is 0 Å². The molecule has 0 spiro atoms. The van der Waals surface area contributed by atoms with Crippen LogP contribution in [0.2, 0.25) is 0 Å². The predicted molar refractivity (Wildman–Crippen MR) is 82.1 cm³/mol. The number of carbonyl (C=O) groups excluding carboxylic acids is 1. The average Bonchev–Trinajstić information content (AvgIpc) is 2.55. The van der Waals surface area contributed by atoms with Gasteiger partial charge in [0.15, 0.2) is 0 Å². The minimum absolute atomic E-state index is 0.107. The van der Waals surface area contributed by atoms with Gasteiger partial charge in [0.1, 0.15) is 18.2 Å². The van der Waals surface area contributed by atoms with E-state index in [1.807, 2.05) is 0 Å². The molecule has 1 amide bonds. The van der Waals surface area contributed by atoms with Crippen molar-refractivity contribution in [3.05, 3.63) is 58.9 Å². The monoisotopic (exact) mass is 351 g/mol. The molecule has 0 fully saturated rings. The van der Waals surface area contributed by atoms with Crippen molar-refractivity contribution in [3.63, 3.8) is 0 Å². The van der Waals surface area contributed by atoms with Gasteiger partial charge in [-0.3, -0.25) is 4.79 Å². The Labute approximate surface area is 140 Å². The van der Waals surface area contributed by atoms with Crippen LogP contribution >= 0.6 is 0 Å². The summed E-state index contributed by atoms with van der Waals surface area (Å²) in [5.41, 5.74) is 0.757. The molecule has 1 atom stereocenters. The van der Waals surface area contributed by atoms with Crippen LogP contribution < -0.4 is 9.64 Å². The van der Waals surface area contributed by atoms with Gasteiger partial charge in [0.2, 0.25) is 5.91 Å². The van der Waals surface area contributed by atoms with E-state index in [0.29, 0.717) is 12.0 Å². The number of amides is 1. The number of rotatable bonds is 1. The summed E-state index contributed by atoms with van der Waals surface area (Å²) in [7, 11) is 0. The van der Waals surface area contributed by atoms with E-state index in [2.05, 4.69) is 0 Å². The number of alkyl halides is 3. The van der Waals surface area contributed by atoms with Crippen LogP contribution in [0.4, 0.5) is 23.2 Å². The second-order valence-corrected chi connectivity index (χ2v) is 6.12. The van der Waals surface area contributed by atoms with Gasteiger partial charge >= 0.3 is 6.18 Å². The molecule has 130 valence electrons. The number of hydrogen-bond donors (Lipinski definition) is 0. The Kier molecular flexibility index (Phi) is 3.49. The molecular formula is C18H13F4NO2. The van der Waals surface area contributed by atoms with Gasteiger partial charge in [-0.25, -0.2) is 4.39 Å². The van der Waals surface area contributed by atoms with E-state index in [0.717, 1.165) is 17.7 Å². The van der Waals surface area contributed by atoms with Gasteiger partial charge in [-0.05, 0) is 47.9 Å². The molecule has 0 bridgehead atoms. The molecule has 7 heteroatoms. The highest BCUT2D eigenvalue weighted by Gasteiger charge is 2.39. The molecule has 0 saturated carbocycles. The summed E-state index contributed by atoms with van der Waals surface area (Å²) in [5.74, 6) is -1.06. The molecule has 25 heavy (non-hydrogen) atoms. The first kappa shape index (κ1) is 15.9. The number of nitrogens with zero attached hydrogens (tertiary/aromatic N) is 1. The third-order valence-corrected chi connectivity index (χ3v) is 4.62. The summed E-state index contributed by atoms with van der Waals surface area (Å²) in [6.45, 7) is 0.362. The van der Waals surface area contributed by atoms with Gasteiger partial charge in [-0.15, -0.1) is 0 Å². The number of anilines is 1. The SMILES string of the molecule is O=C(C1Cc2ccc(F)cc21)N1CCOc2ccc(C(F)(F)F)cc21. The first-order valence-electron chi connectivity index (χ1n) is 7.78. The highest BCUT2D eigenvalue weighted by atomic mass is 19.4. The maximum Gasteiger partial charge on any atom is 0.416 e. The Morgan fingerprint density at radius 3 is 2.72 bits per heavy atom. The number of fused-ring (bicyclic) bond motifs is 2. The maximum atomic E-state index is 13.4. The molecule has 2 aliphatic rings. The van der Waals surface area contributed by atoms with Crippen molar-refractivity contribution in [1.29, 1.82) is 0 Å². The van der Waals surface area contributed by atoms with E-state index in [1.165, 1.54) is 23.1 Å². The fourth-order valence-corrected chi connectivity index (χ4v) is 3.31. The average molecular weight is 351 g/mol. The Morgan fingerprint density at radius 2 is 1.96 bits per heavy atom. The van der Waals surface area contributed by atoms with Gasteiger partial charge < -0.3 is 9.64 Å². The van der Waals surface area contributed by atoms with E-state index in [9.17, 15) is 22.4 Å². The molecule has 2 aromatic carbocycles. The number of benzene rings is 2. The third-order valence-electron chi connectivity index (χ3n) is 4.62. The standard InChI is InChI=1S/C18H13F4NO2/c19-12-3-1-10-7-14(13(10)9-12)17(24)23-5-6-25-16-4-2-11(8-15(16)23)18(20,21)22/h1-4,8-9,14H,5-7H2. The molecule has 2 aromatic rings. The van der Waals surface area contributed by atoms with E-state index >= 15 is 0 Å². The summed E-state index contributed by atoms with van der Waals surface area (Å²) >= 11 is 0. The molecule has 4 rings (SSSR count). The van der Waals surface area contributed by atoms with Gasteiger partial charge in [-0.2, -0.15) is 13.2 Å². The smallest absolute Gasteiger partial charge is 0.416 e. The van der Waals surface area contributed by atoms with E-state index in [1.54, 1.807) is 6.07 Å². The quantitative estimate of drug-likeness (QED) is 0.729. The number of hydrogen-bond acceptors (Lipinski definition) is 2. The summed E-state index contributed by atoms with van der Waals surface area (Å²) in [6.07, 6.45) is -4.05. The summed E-state index contributed by atoms with van der Waals surface area (Å²) in [6, 6.07) is 7.36. The molecule has 1 aliphatic carbocycles. The van der Waals surface area contributed by atoms with Crippen LogP contribution in [0.15, 0.2) is 36.4 Å². The molecule has 1 aliphatic heterocycles. The molecule has 1 unspecified atom stereocenters. The Balaban J connectivity index is 1.68. The van der Waals surface area contributed by atoms with Crippen LogP contribution in [0.25, 0.3) is 0 Å². The highest BCUT2D eigenvalue weighted by Crippen LogP contribution is 2.42. The minimum Gasteiger partial charge on any atom is -0.490 e. The molecule has 0 radical (unpaired) electrons. The van der Waals surface area contributed by atoms with Crippen molar-refractivity contribution in [2.24, 2.45) is 0 Å². The van der Waals surface area contributed by atoms with Crippen LogP contribution in [-0.4, -0.2) is 19.1 Å². The highest BCUT2D eigenvalue weighted by molar-refractivity contribution is 6.01. The molecular weight excluding hydrogens is 338 g/mol. The molecule has 3 nitrogen and oxygen atoms in total. The fourth-order valence-electron chi connectivity index (χ4n) is 3.31. The zero-order chi connectivity index (χ0) is 17.8. The lowest BCUT2D eigenvalue weighted by atomic mass is 9.76. The van der Waals surface area contributed by atoms with Crippen molar-refractivity contribution in [2.45, 2.75) is 18.5 Å². The van der Waals surface area contributed by atoms with Crippen LogP contribution in [0, 0.1) is 5.82 Å². The van der Waals surface area contributed by atoms with Crippen molar-refractivity contribution < 1.29 is 27.1 Å². The fraction of sp³-hybridized carbons (Fsp3) is 0.278. The second kappa shape index (κ2) is 5.47. The van der Waals surface area contributed by atoms with Crippen LogP contribution in [-0.2, 0) is 17.4 Å². The van der Waals surface area contributed by atoms with Crippen LogP contribution in [0.3, 0.4) is 0 Å². The Morgan fingerprint density at radius 1 is 1.16 bits per heavy atom. The van der Waals surface area contributed by atoms with Gasteiger partial charge in [0.25, 0.3) is 0 Å². The van der Waals surface area contributed by atoms with Crippen molar-refractivity contribution in [2.75, 3.05) is 18.1 Å². The second-order valence-electron chi connectivity index (χ2n) is 6.12. The maximum absolute atomic E-state index is 13.4. The molecule has 1 heterocycles. The van der Waals surface area contributed by atoms with Crippen molar-refractivity contribution in [3.8, 4) is 5.75 Å². The van der Waals surface area contributed by atoms with Crippen LogP contribution in [0.1, 0.15) is 22.6 Å². The van der Waals surface area contributed by atoms with Crippen LogP contribution in [0.5, 0.6) is 5.75 Å². The number of halogens is 4. The molecule has 0 N–H and O–H groups in total.